The van der Waals surface area contributed by atoms with Gasteiger partial charge in [0.05, 0.1) is 0 Å². The van der Waals surface area contributed by atoms with Crippen LogP contribution in [0.3, 0.4) is 0 Å². The zero-order valence-corrected chi connectivity index (χ0v) is 6.66. The molecule has 0 atom stereocenters. The maximum absolute atomic E-state index is 12.2. The summed E-state index contributed by atoms with van der Waals surface area (Å²) in [6.07, 6.45) is -4.97. The first-order valence-corrected chi connectivity index (χ1v) is 3.18. The summed E-state index contributed by atoms with van der Waals surface area (Å²) in [6, 6.07) is 0. The third-order valence-corrected chi connectivity index (χ3v) is 1.40. The second kappa shape index (κ2) is 4.08. The SMILES string of the molecule is OOCC(F)(F)C(F)(F)C(F)(F)C(F)F. The fraction of sp³-hybridized carbons (Fsp3) is 1.00. The van der Waals surface area contributed by atoms with Crippen LogP contribution >= 0.6 is 0 Å². The van der Waals surface area contributed by atoms with Crippen LogP contribution < -0.4 is 0 Å². The minimum absolute atomic E-state index is 2.53. The van der Waals surface area contributed by atoms with Crippen molar-refractivity contribution < 1.29 is 45.3 Å². The van der Waals surface area contributed by atoms with Crippen molar-refractivity contribution in [2.75, 3.05) is 6.61 Å². The van der Waals surface area contributed by atoms with Crippen LogP contribution in [-0.2, 0) is 4.89 Å². The Bertz CT molecular complexity index is 215. The molecule has 0 aromatic rings. The highest BCUT2D eigenvalue weighted by atomic mass is 19.4. The molecule has 10 heteroatoms. The summed E-state index contributed by atoms with van der Waals surface area (Å²) < 4.78 is 95.8. The van der Waals surface area contributed by atoms with Gasteiger partial charge in [0.25, 0.3) is 0 Å². The number of rotatable bonds is 5. The Hall–Kier alpha value is -0.640. The molecule has 0 aliphatic heterocycles. The Morgan fingerprint density at radius 1 is 1.00 bits per heavy atom. The third-order valence-electron chi connectivity index (χ3n) is 1.40. The summed E-state index contributed by atoms with van der Waals surface area (Å²) in [7, 11) is 0. The Morgan fingerprint density at radius 3 is 1.67 bits per heavy atom. The molecular weight excluding hydrogens is 244 g/mol. The van der Waals surface area contributed by atoms with E-state index in [-0.39, 0.29) is 0 Å². The van der Waals surface area contributed by atoms with Crippen LogP contribution in [0, 0.1) is 0 Å². The predicted octanol–water partition coefficient (Wildman–Crippen LogP) is 2.65. The zero-order chi connectivity index (χ0) is 12.5. The molecule has 0 heterocycles. The van der Waals surface area contributed by atoms with E-state index >= 15 is 0 Å². The van der Waals surface area contributed by atoms with Gasteiger partial charge in [-0.05, 0) is 0 Å². The highest BCUT2D eigenvalue weighted by Crippen LogP contribution is 2.48. The van der Waals surface area contributed by atoms with Gasteiger partial charge in [-0.2, -0.15) is 26.3 Å². The number of halogens is 8. The summed E-state index contributed by atoms with van der Waals surface area (Å²) in [6.45, 7) is -2.53. The summed E-state index contributed by atoms with van der Waals surface area (Å²) in [5, 5.41) is 7.42. The topological polar surface area (TPSA) is 29.5 Å². The fourth-order valence-corrected chi connectivity index (χ4v) is 0.553. The molecular formula is C5H4F8O2. The van der Waals surface area contributed by atoms with Crippen molar-refractivity contribution in [3.8, 4) is 0 Å². The van der Waals surface area contributed by atoms with Crippen LogP contribution in [-0.4, -0.2) is 36.1 Å². The van der Waals surface area contributed by atoms with Crippen molar-refractivity contribution in [2.45, 2.75) is 24.2 Å². The maximum atomic E-state index is 12.2. The highest BCUT2D eigenvalue weighted by Gasteiger charge is 2.75. The summed E-state index contributed by atoms with van der Waals surface area (Å²) >= 11 is 0. The lowest BCUT2D eigenvalue weighted by molar-refractivity contribution is -0.372. The monoisotopic (exact) mass is 248 g/mol. The molecule has 0 fully saturated rings. The second-order valence-electron chi connectivity index (χ2n) is 2.48. The lowest BCUT2D eigenvalue weighted by Gasteiger charge is -2.31. The molecule has 1 N–H and O–H groups in total. The molecule has 0 rings (SSSR count). The fourth-order valence-electron chi connectivity index (χ4n) is 0.553. The largest absolute Gasteiger partial charge is 0.380 e. The van der Waals surface area contributed by atoms with Gasteiger partial charge >= 0.3 is 24.2 Å². The molecule has 0 aromatic carbocycles. The molecule has 0 unspecified atom stereocenters. The van der Waals surface area contributed by atoms with Crippen molar-refractivity contribution in [1.82, 2.24) is 0 Å². The molecule has 0 amide bonds. The Balaban J connectivity index is 5.11. The van der Waals surface area contributed by atoms with E-state index in [1.54, 1.807) is 0 Å². The molecule has 0 bridgehead atoms. The molecule has 2 nitrogen and oxygen atoms in total. The summed E-state index contributed by atoms with van der Waals surface area (Å²) in [5.41, 5.74) is 0. The molecule has 92 valence electrons. The molecule has 0 saturated heterocycles. The number of hydrogen-bond acceptors (Lipinski definition) is 2. The Kier molecular flexibility index (Phi) is 3.91. The minimum atomic E-state index is -6.34. The molecule has 0 radical (unpaired) electrons. The van der Waals surface area contributed by atoms with E-state index in [1.165, 1.54) is 0 Å². The van der Waals surface area contributed by atoms with Crippen LogP contribution in [0.5, 0.6) is 0 Å². The lowest BCUT2D eigenvalue weighted by atomic mass is 10.1. The average Bonchev–Trinajstić information content (AvgIpc) is 2.02. The first kappa shape index (κ1) is 14.4. The molecule has 0 saturated carbocycles. The van der Waals surface area contributed by atoms with Crippen molar-refractivity contribution in [1.29, 1.82) is 0 Å². The van der Waals surface area contributed by atoms with Crippen LogP contribution in [0.15, 0.2) is 0 Å². The molecule has 0 spiro atoms. The quantitative estimate of drug-likeness (QED) is 0.460. The van der Waals surface area contributed by atoms with E-state index in [0.717, 1.165) is 0 Å². The van der Waals surface area contributed by atoms with Crippen molar-refractivity contribution in [2.24, 2.45) is 0 Å². The van der Waals surface area contributed by atoms with Gasteiger partial charge in [-0.3, -0.25) is 5.26 Å². The van der Waals surface area contributed by atoms with Gasteiger partial charge in [0.1, 0.15) is 0 Å². The van der Waals surface area contributed by atoms with E-state index in [9.17, 15) is 35.1 Å². The lowest BCUT2D eigenvalue weighted by Crippen LogP contribution is -2.59. The van der Waals surface area contributed by atoms with E-state index < -0.39 is 30.8 Å². The van der Waals surface area contributed by atoms with Crippen LogP contribution in [0.1, 0.15) is 0 Å². The van der Waals surface area contributed by atoms with Crippen molar-refractivity contribution in [3.05, 3.63) is 0 Å². The van der Waals surface area contributed by atoms with E-state index in [0.29, 0.717) is 0 Å². The Morgan fingerprint density at radius 2 is 1.40 bits per heavy atom. The van der Waals surface area contributed by atoms with Gasteiger partial charge in [0.2, 0.25) is 0 Å². The number of hydrogen-bond donors (Lipinski definition) is 1. The first-order chi connectivity index (χ1) is 6.50. The summed E-state index contributed by atoms with van der Waals surface area (Å²) in [4.78, 5) is 2.56. The van der Waals surface area contributed by atoms with Gasteiger partial charge in [-0.1, -0.05) is 0 Å². The van der Waals surface area contributed by atoms with E-state index in [1.807, 2.05) is 0 Å². The van der Waals surface area contributed by atoms with Gasteiger partial charge in [-0.15, -0.1) is 0 Å². The van der Waals surface area contributed by atoms with E-state index in [2.05, 4.69) is 4.89 Å². The van der Waals surface area contributed by atoms with Crippen molar-refractivity contribution in [3.63, 3.8) is 0 Å². The maximum Gasteiger partial charge on any atom is 0.380 e. The molecule has 0 aliphatic rings. The van der Waals surface area contributed by atoms with Gasteiger partial charge in [0.15, 0.2) is 6.61 Å². The van der Waals surface area contributed by atoms with Crippen LogP contribution in [0.25, 0.3) is 0 Å². The Labute approximate surface area is 77.4 Å². The second-order valence-corrected chi connectivity index (χ2v) is 2.48. The molecule has 0 aromatic heterocycles. The first-order valence-electron chi connectivity index (χ1n) is 3.18. The molecule has 15 heavy (non-hydrogen) atoms. The van der Waals surface area contributed by atoms with Gasteiger partial charge < -0.3 is 0 Å². The van der Waals surface area contributed by atoms with Gasteiger partial charge in [0, 0.05) is 0 Å². The standard InChI is InChI=1S/C5H4F8O2/c6-2(7)4(10,11)5(12,13)3(8,9)1-15-14/h2,14H,1H2. The van der Waals surface area contributed by atoms with Crippen LogP contribution in [0.4, 0.5) is 35.1 Å². The number of alkyl halides is 8. The third kappa shape index (κ3) is 2.30. The van der Waals surface area contributed by atoms with Crippen LogP contribution in [0.2, 0.25) is 0 Å². The highest BCUT2D eigenvalue weighted by molar-refractivity contribution is 4.97. The normalized spacial score (nSPS) is 14.8. The van der Waals surface area contributed by atoms with E-state index in [4.69, 9.17) is 5.26 Å². The van der Waals surface area contributed by atoms with Gasteiger partial charge in [-0.25, -0.2) is 13.7 Å². The smallest absolute Gasteiger partial charge is 0.252 e. The average molecular weight is 248 g/mol. The van der Waals surface area contributed by atoms with Crippen molar-refractivity contribution >= 4 is 0 Å². The minimum Gasteiger partial charge on any atom is -0.252 e. The zero-order valence-electron chi connectivity index (χ0n) is 6.66. The summed E-state index contributed by atoms with van der Waals surface area (Å²) in [5.74, 6) is -18.2. The molecule has 0 aliphatic carbocycles. The predicted molar refractivity (Wildman–Crippen MR) is 29.4 cm³/mol.